The molecule has 2 aliphatic rings. The van der Waals surface area contributed by atoms with Crippen molar-refractivity contribution in [2.24, 2.45) is 5.92 Å². The van der Waals surface area contributed by atoms with Crippen LogP contribution in [0.1, 0.15) is 50.5 Å². The van der Waals surface area contributed by atoms with Gasteiger partial charge in [-0.05, 0) is 55.2 Å². The summed E-state index contributed by atoms with van der Waals surface area (Å²) in [7, 11) is 0. The lowest BCUT2D eigenvalue weighted by Crippen LogP contribution is -2.47. The van der Waals surface area contributed by atoms with Gasteiger partial charge in [0.25, 0.3) is 0 Å². The smallest absolute Gasteiger partial charge is 0.317 e. The maximum atomic E-state index is 12.4. The van der Waals surface area contributed by atoms with Crippen molar-refractivity contribution < 1.29 is 4.79 Å². The minimum Gasteiger partial charge on any atom is -0.337 e. The molecule has 21 heavy (non-hydrogen) atoms. The molecule has 2 fully saturated rings. The topological polar surface area (TPSA) is 45.2 Å². The van der Waals surface area contributed by atoms with Crippen LogP contribution in [0.2, 0.25) is 0 Å². The fourth-order valence-electron chi connectivity index (χ4n) is 3.51. The summed E-state index contributed by atoms with van der Waals surface area (Å²) >= 11 is 0. The second-order valence-corrected chi connectivity index (χ2v) is 6.46. The van der Waals surface area contributed by atoms with Crippen LogP contribution in [-0.2, 0) is 0 Å². The van der Waals surface area contributed by atoms with Gasteiger partial charge in [-0.2, -0.15) is 0 Å². The summed E-state index contributed by atoms with van der Waals surface area (Å²) in [4.78, 5) is 18.6. The third-order valence-electron chi connectivity index (χ3n) is 5.09. The van der Waals surface area contributed by atoms with Gasteiger partial charge in [-0.25, -0.2) is 4.79 Å². The van der Waals surface area contributed by atoms with Crippen molar-refractivity contribution >= 4 is 6.03 Å². The monoisotopic (exact) mass is 287 g/mol. The third-order valence-corrected chi connectivity index (χ3v) is 5.09. The van der Waals surface area contributed by atoms with E-state index in [-0.39, 0.29) is 6.03 Å². The zero-order valence-electron chi connectivity index (χ0n) is 12.8. The molecule has 1 aromatic heterocycles. The van der Waals surface area contributed by atoms with E-state index in [1.165, 1.54) is 31.2 Å². The number of likely N-dealkylation sites (tertiary alicyclic amines) is 1. The lowest BCUT2D eigenvalue weighted by atomic mass is 9.79. The van der Waals surface area contributed by atoms with Gasteiger partial charge in [0.1, 0.15) is 0 Å². The number of pyridine rings is 1. The minimum atomic E-state index is 0.130. The summed E-state index contributed by atoms with van der Waals surface area (Å²) in [6.45, 7) is 3.76. The van der Waals surface area contributed by atoms with Gasteiger partial charge in [0.05, 0.1) is 0 Å². The lowest BCUT2D eigenvalue weighted by Gasteiger charge is -2.37. The number of carbonyl (C=O) groups excluding carboxylic acids is 1. The van der Waals surface area contributed by atoms with E-state index >= 15 is 0 Å². The Kier molecular flexibility index (Phi) is 4.42. The van der Waals surface area contributed by atoms with Gasteiger partial charge in [-0.15, -0.1) is 0 Å². The van der Waals surface area contributed by atoms with E-state index in [1.54, 1.807) is 12.4 Å². The molecule has 0 spiro atoms. The standard InChI is InChI=1S/C17H25N3O/c1-13(14-7-9-18-10-8-14)12-19-17(21)20-11-3-6-16(20)15-4-2-5-15/h7-10,13,15-16H,2-6,11-12H2,1H3,(H,19,21)/t13-,16-/m1/s1. The summed E-state index contributed by atoms with van der Waals surface area (Å²) in [5.74, 6) is 1.08. The molecule has 1 saturated carbocycles. The first-order chi connectivity index (χ1) is 10.3. The van der Waals surface area contributed by atoms with Crippen LogP contribution in [0, 0.1) is 5.92 Å². The number of hydrogen-bond donors (Lipinski definition) is 1. The lowest BCUT2D eigenvalue weighted by molar-refractivity contribution is 0.139. The Hall–Kier alpha value is -1.58. The maximum Gasteiger partial charge on any atom is 0.317 e. The number of nitrogens with zero attached hydrogens (tertiary/aromatic N) is 2. The predicted octanol–water partition coefficient (Wildman–Crippen LogP) is 3.16. The number of carbonyl (C=O) groups is 1. The van der Waals surface area contributed by atoms with Crippen LogP contribution in [0.25, 0.3) is 0 Å². The zero-order chi connectivity index (χ0) is 14.7. The maximum absolute atomic E-state index is 12.4. The average molecular weight is 287 g/mol. The highest BCUT2D eigenvalue weighted by Gasteiger charge is 2.37. The van der Waals surface area contributed by atoms with E-state index in [1.807, 2.05) is 12.1 Å². The Labute approximate surface area is 126 Å². The number of nitrogens with one attached hydrogen (secondary N) is 1. The fourth-order valence-corrected chi connectivity index (χ4v) is 3.51. The number of hydrogen-bond acceptors (Lipinski definition) is 2. The van der Waals surface area contributed by atoms with Gasteiger partial charge in [0.15, 0.2) is 0 Å². The molecular formula is C17H25N3O. The summed E-state index contributed by atoms with van der Waals surface area (Å²) < 4.78 is 0. The summed E-state index contributed by atoms with van der Waals surface area (Å²) in [5.41, 5.74) is 1.22. The number of aromatic nitrogens is 1. The Morgan fingerprint density at radius 1 is 1.33 bits per heavy atom. The highest BCUT2D eigenvalue weighted by atomic mass is 16.2. The van der Waals surface area contributed by atoms with Crippen molar-refractivity contribution in [3.8, 4) is 0 Å². The molecule has 2 atom stereocenters. The summed E-state index contributed by atoms with van der Waals surface area (Å²) in [5, 5.41) is 3.12. The van der Waals surface area contributed by atoms with Crippen LogP contribution in [0.15, 0.2) is 24.5 Å². The molecule has 3 rings (SSSR count). The fraction of sp³-hybridized carbons (Fsp3) is 0.647. The molecule has 1 N–H and O–H groups in total. The Bertz CT molecular complexity index is 472. The van der Waals surface area contributed by atoms with Crippen molar-refractivity contribution in [1.29, 1.82) is 0 Å². The predicted molar refractivity (Wildman–Crippen MR) is 83.1 cm³/mol. The van der Waals surface area contributed by atoms with E-state index in [4.69, 9.17) is 0 Å². The quantitative estimate of drug-likeness (QED) is 0.924. The van der Waals surface area contributed by atoms with Crippen molar-refractivity contribution in [2.75, 3.05) is 13.1 Å². The molecule has 1 aliphatic carbocycles. The van der Waals surface area contributed by atoms with Crippen LogP contribution in [-0.4, -0.2) is 35.0 Å². The first kappa shape index (κ1) is 14.4. The molecule has 114 valence electrons. The molecule has 4 nitrogen and oxygen atoms in total. The first-order valence-corrected chi connectivity index (χ1v) is 8.20. The van der Waals surface area contributed by atoms with Crippen LogP contribution >= 0.6 is 0 Å². The van der Waals surface area contributed by atoms with Gasteiger partial charge in [0, 0.05) is 31.5 Å². The second-order valence-electron chi connectivity index (χ2n) is 6.46. The van der Waals surface area contributed by atoms with Crippen molar-refractivity contribution in [3.05, 3.63) is 30.1 Å². The van der Waals surface area contributed by atoms with Gasteiger partial charge < -0.3 is 10.2 Å². The third kappa shape index (κ3) is 3.20. The molecule has 0 aromatic carbocycles. The number of amides is 2. The molecule has 2 heterocycles. The van der Waals surface area contributed by atoms with E-state index < -0.39 is 0 Å². The van der Waals surface area contributed by atoms with Gasteiger partial charge in [-0.3, -0.25) is 4.98 Å². The highest BCUT2D eigenvalue weighted by molar-refractivity contribution is 5.75. The van der Waals surface area contributed by atoms with E-state index in [2.05, 4.69) is 22.1 Å². The average Bonchev–Trinajstić information content (AvgIpc) is 2.92. The first-order valence-electron chi connectivity index (χ1n) is 8.20. The summed E-state index contributed by atoms with van der Waals surface area (Å²) in [6, 6.07) is 4.66. The molecule has 1 aliphatic heterocycles. The molecule has 1 aromatic rings. The second kappa shape index (κ2) is 6.46. The number of rotatable bonds is 4. The molecule has 0 unspecified atom stereocenters. The van der Waals surface area contributed by atoms with Gasteiger partial charge >= 0.3 is 6.03 Å². The van der Waals surface area contributed by atoms with E-state index in [9.17, 15) is 4.79 Å². The SMILES string of the molecule is C[C@H](CNC(=O)N1CCC[C@@H]1C1CCC1)c1ccncc1. The van der Waals surface area contributed by atoms with Crippen LogP contribution in [0.4, 0.5) is 4.79 Å². The molecule has 0 bridgehead atoms. The largest absolute Gasteiger partial charge is 0.337 e. The van der Waals surface area contributed by atoms with Gasteiger partial charge in [-0.1, -0.05) is 13.3 Å². The van der Waals surface area contributed by atoms with E-state index in [0.29, 0.717) is 18.5 Å². The van der Waals surface area contributed by atoms with Crippen LogP contribution in [0.5, 0.6) is 0 Å². The Morgan fingerprint density at radius 3 is 2.76 bits per heavy atom. The Balaban J connectivity index is 1.51. The Morgan fingerprint density at radius 2 is 2.10 bits per heavy atom. The van der Waals surface area contributed by atoms with Crippen molar-refractivity contribution in [2.45, 2.75) is 51.0 Å². The van der Waals surface area contributed by atoms with Crippen molar-refractivity contribution in [3.63, 3.8) is 0 Å². The van der Waals surface area contributed by atoms with Crippen LogP contribution in [0.3, 0.4) is 0 Å². The van der Waals surface area contributed by atoms with Crippen molar-refractivity contribution in [1.82, 2.24) is 15.2 Å². The highest BCUT2D eigenvalue weighted by Crippen LogP contribution is 2.37. The molecular weight excluding hydrogens is 262 g/mol. The van der Waals surface area contributed by atoms with E-state index in [0.717, 1.165) is 18.9 Å². The van der Waals surface area contributed by atoms with Gasteiger partial charge in [0.2, 0.25) is 0 Å². The molecule has 1 saturated heterocycles. The summed E-state index contributed by atoms with van der Waals surface area (Å²) in [6.07, 6.45) is 9.92. The normalized spacial score (nSPS) is 23.7. The minimum absolute atomic E-state index is 0.130. The number of urea groups is 1. The van der Waals surface area contributed by atoms with Crippen LogP contribution < -0.4 is 5.32 Å². The molecule has 2 amide bonds. The molecule has 4 heteroatoms. The zero-order valence-corrected chi connectivity index (χ0v) is 12.8. The molecule has 0 radical (unpaired) electrons.